The number of hydrogen-bond acceptors (Lipinski definition) is 10. The van der Waals surface area contributed by atoms with Gasteiger partial charge in [-0.25, -0.2) is 9.59 Å². The highest BCUT2D eigenvalue weighted by molar-refractivity contribution is 8.26. The van der Waals surface area contributed by atoms with E-state index in [9.17, 15) is 14.4 Å². The van der Waals surface area contributed by atoms with Crippen molar-refractivity contribution >= 4 is 52.3 Å². The molecule has 3 heterocycles. The maximum atomic E-state index is 13.9. The molecule has 0 spiro atoms. The summed E-state index contributed by atoms with van der Waals surface area (Å²) in [7, 11) is 3.19. The minimum atomic E-state index is -0.702. The van der Waals surface area contributed by atoms with E-state index in [0.717, 1.165) is 46.2 Å². The van der Waals surface area contributed by atoms with Gasteiger partial charge in [0.2, 0.25) is 0 Å². The zero-order valence-corrected chi connectivity index (χ0v) is 34.3. The minimum Gasteiger partial charge on any atom is -0.497 e. The van der Waals surface area contributed by atoms with Crippen LogP contribution in [0.1, 0.15) is 73.3 Å². The largest absolute Gasteiger partial charge is 0.497 e. The van der Waals surface area contributed by atoms with Crippen molar-refractivity contribution in [2.75, 3.05) is 34.0 Å². The van der Waals surface area contributed by atoms with Crippen LogP contribution in [0.2, 0.25) is 0 Å². The first kappa shape index (κ1) is 38.4. The Labute approximate surface area is 347 Å². The highest BCUT2D eigenvalue weighted by Gasteiger charge is 2.48. The molecule has 9 rings (SSSR count). The second kappa shape index (κ2) is 16.3. The molecule has 2 bridgehead atoms. The number of thioether (sulfide) groups is 1. The topological polar surface area (TPSA) is 108 Å². The normalized spacial score (nSPS) is 22.8. The molecule has 58 heavy (non-hydrogen) atoms. The van der Waals surface area contributed by atoms with Crippen molar-refractivity contribution in [2.45, 2.75) is 69.4 Å². The second-order valence-corrected chi connectivity index (χ2v) is 17.5. The summed E-state index contributed by atoms with van der Waals surface area (Å²) in [5, 5.41) is 0. The molecular formula is C46H46N2O8S2. The number of benzene rings is 3. The first-order chi connectivity index (χ1) is 28.3. The molecule has 300 valence electrons. The Balaban J connectivity index is 0.862. The van der Waals surface area contributed by atoms with E-state index in [1.165, 1.54) is 29.5 Å². The first-order valence-electron chi connectivity index (χ1n) is 20.2. The smallest absolute Gasteiger partial charge is 0.410 e. The van der Waals surface area contributed by atoms with Crippen LogP contribution in [-0.2, 0) is 25.5 Å². The van der Waals surface area contributed by atoms with Gasteiger partial charge in [-0.05, 0) is 103 Å². The lowest BCUT2D eigenvalue weighted by molar-refractivity contribution is -0.148. The van der Waals surface area contributed by atoms with Gasteiger partial charge in [0.25, 0.3) is 5.91 Å². The lowest BCUT2D eigenvalue weighted by atomic mass is 9.94. The third kappa shape index (κ3) is 7.29. The van der Waals surface area contributed by atoms with Crippen LogP contribution >= 0.6 is 24.0 Å². The lowest BCUT2D eigenvalue weighted by Crippen LogP contribution is -2.42. The van der Waals surface area contributed by atoms with Crippen molar-refractivity contribution in [1.82, 2.24) is 9.80 Å². The molecule has 2 saturated heterocycles. The van der Waals surface area contributed by atoms with E-state index in [2.05, 4.69) is 24.3 Å². The number of furan rings is 1. The number of ether oxygens (including phenoxy) is 4. The van der Waals surface area contributed by atoms with Gasteiger partial charge in [-0.1, -0.05) is 78.9 Å². The molecule has 5 aliphatic rings. The number of thiocarbonyl (C=S) groups is 1. The molecule has 3 aromatic carbocycles. The molecule has 4 atom stereocenters. The minimum absolute atomic E-state index is 0.0639. The molecule has 4 aromatic rings. The molecule has 12 heteroatoms. The van der Waals surface area contributed by atoms with Gasteiger partial charge < -0.3 is 23.4 Å². The maximum Gasteiger partial charge on any atom is 0.410 e. The third-order valence-corrected chi connectivity index (χ3v) is 13.9. The van der Waals surface area contributed by atoms with Crippen molar-refractivity contribution in [1.29, 1.82) is 0 Å². The van der Waals surface area contributed by atoms with Crippen LogP contribution < -0.4 is 9.47 Å². The van der Waals surface area contributed by atoms with Crippen LogP contribution in [0.15, 0.2) is 82.1 Å². The summed E-state index contributed by atoms with van der Waals surface area (Å²) in [5.74, 6) is 3.00. The summed E-state index contributed by atoms with van der Waals surface area (Å²) in [5.41, 5.74) is 6.20. The summed E-state index contributed by atoms with van der Waals surface area (Å²) in [6.45, 7) is 0.766. The van der Waals surface area contributed by atoms with E-state index < -0.39 is 18.1 Å². The van der Waals surface area contributed by atoms with E-state index in [0.29, 0.717) is 76.3 Å². The number of aryl methyl sites for hydroxylation is 1. The van der Waals surface area contributed by atoms with Crippen molar-refractivity contribution < 1.29 is 37.7 Å². The maximum absolute atomic E-state index is 13.9. The standard InChI is InChI=1S/C46H46N2O8S2/c1-52-31-21-30(22-32(24-31)53-2)40-23-29(41(56-40)25-42-43(49)48(46(57)58-42)39-20-27-15-16-28(39)19-27)9-8-18-54-44(50)38-14-7-17-47(38)45(51)55-26-37-35-12-5-3-10-33(35)34-11-4-6-13-36(34)37/h3-6,10-13,21-25,27-28,37-39H,7-9,14-20,26H2,1-2H3/b42-25-/t27?,28?,38-,39?/m0/s1. The van der Waals surface area contributed by atoms with Crippen molar-refractivity contribution in [2.24, 2.45) is 11.8 Å². The van der Waals surface area contributed by atoms with E-state index in [4.69, 9.17) is 35.6 Å². The molecule has 2 saturated carbocycles. The molecule has 2 aliphatic heterocycles. The Morgan fingerprint density at radius 1 is 0.914 bits per heavy atom. The predicted molar refractivity (Wildman–Crippen MR) is 226 cm³/mol. The van der Waals surface area contributed by atoms with Gasteiger partial charge >= 0.3 is 12.1 Å². The van der Waals surface area contributed by atoms with Gasteiger partial charge in [-0.2, -0.15) is 0 Å². The van der Waals surface area contributed by atoms with E-state index >= 15 is 0 Å². The first-order valence-corrected chi connectivity index (χ1v) is 21.4. The molecule has 3 unspecified atom stereocenters. The number of hydrogen-bond donors (Lipinski definition) is 0. The Bertz CT molecular complexity index is 2230. The van der Waals surface area contributed by atoms with Crippen LogP contribution in [0.4, 0.5) is 4.79 Å². The molecule has 3 aliphatic carbocycles. The van der Waals surface area contributed by atoms with Crippen LogP contribution in [0.5, 0.6) is 11.5 Å². The molecule has 10 nitrogen and oxygen atoms in total. The van der Waals surface area contributed by atoms with E-state index in [1.54, 1.807) is 26.4 Å². The third-order valence-electron chi connectivity index (χ3n) is 12.5. The Morgan fingerprint density at radius 2 is 1.64 bits per heavy atom. The second-order valence-electron chi connectivity index (χ2n) is 15.8. The Morgan fingerprint density at radius 3 is 2.31 bits per heavy atom. The quantitative estimate of drug-likeness (QED) is 0.0595. The van der Waals surface area contributed by atoms with Crippen molar-refractivity contribution in [3.05, 3.63) is 100 Å². The zero-order chi connectivity index (χ0) is 39.9. The molecule has 2 amide bonds. The number of nitrogens with zero attached hydrogens (tertiary/aromatic N) is 2. The average Bonchev–Trinajstić information content (AvgIpc) is 4.12. The number of fused-ring (bicyclic) bond motifs is 5. The number of carbonyl (C=O) groups excluding carboxylic acids is 3. The number of likely N-dealkylation sites (tertiary alicyclic amines) is 1. The number of esters is 1. The molecular weight excluding hydrogens is 773 g/mol. The summed E-state index contributed by atoms with van der Waals surface area (Å²) < 4.78 is 29.8. The number of rotatable bonds is 12. The predicted octanol–water partition coefficient (Wildman–Crippen LogP) is 9.24. The van der Waals surface area contributed by atoms with Gasteiger partial charge in [0.15, 0.2) is 0 Å². The fourth-order valence-electron chi connectivity index (χ4n) is 9.70. The summed E-state index contributed by atoms with van der Waals surface area (Å²) in [6, 6.07) is 23.4. The van der Waals surface area contributed by atoms with Crippen LogP contribution in [-0.4, -0.2) is 78.2 Å². The molecule has 0 N–H and O–H groups in total. The monoisotopic (exact) mass is 818 g/mol. The molecule has 1 aromatic heterocycles. The molecule has 0 radical (unpaired) electrons. The van der Waals surface area contributed by atoms with Gasteiger partial charge in [-0.15, -0.1) is 0 Å². The summed E-state index contributed by atoms with van der Waals surface area (Å²) in [6.07, 6.45) is 8.10. The van der Waals surface area contributed by atoms with Crippen LogP contribution in [0, 0.1) is 11.8 Å². The van der Waals surface area contributed by atoms with Gasteiger partial charge in [0, 0.05) is 36.2 Å². The number of amides is 2. The fraction of sp³-hybridized carbons (Fsp3) is 0.391. The Hall–Kier alpha value is -5.07. The highest BCUT2D eigenvalue weighted by atomic mass is 32.2. The van der Waals surface area contributed by atoms with Crippen LogP contribution in [0.25, 0.3) is 28.5 Å². The van der Waals surface area contributed by atoms with Crippen LogP contribution in [0.3, 0.4) is 0 Å². The lowest BCUT2D eigenvalue weighted by Gasteiger charge is -2.30. The number of methoxy groups -OCH3 is 2. The van der Waals surface area contributed by atoms with Gasteiger partial charge in [0.05, 0.1) is 25.7 Å². The van der Waals surface area contributed by atoms with Gasteiger partial charge in [-0.3, -0.25) is 14.6 Å². The van der Waals surface area contributed by atoms with E-state index in [1.807, 2.05) is 47.4 Å². The van der Waals surface area contributed by atoms with Crippen molar-refractivity contribution in [3.63, 3.8) is 0 Å². The molecule has 4 fully saturated rings. The average molecular weight is 819 g/mol. The summed E-state index contributed by atoms with van der Waals surface area (Å²) >= 11 is 7.10. The highest BCUT2D eigenvalue weighted by Crippen LogP contribution is 2.50. The van der Waals surface area contributed by atoms with Crippen molar-refractivity contribution in [3.8, 4) is 33.9 Å². The number of carbonyl (C=O) groups is 3. The Kier molecular flexibility index (Phi) is 10.8. The SMILES string of the molecule is COc1cc(OC)cc(-c2cc(CCCOC(=O)[C@@H]3CCCN3C(=O)OCC3c4ccccc4-c4ccccc43)c(/C=C3\SC(=S)N(C4CC5CCC4C5)C3=O)o2)c1. The van der Waals surface area contributed by atoms with Gasteiger partial charge in [0.1, 0.15) is 40.0 Å². The zero-order valence-electron chi connectivity index (χ0n) is 32.6. The van der Waals surface area contributed by atoms with E-state index in [-0.39, 0.29) is 31.1 Å². The fourth-order valence-corrected chi connectivity index (χ4v) is 11.0. The summed E-state index contributed by atoms with van der Waals surface area (Å²) in [4.78, 5) is 44.6.